The quantitative estimate of drug-likeness (QED) is 0.763. The number of carbonyl (C=O) groups is 1. The average molecular weight is 264 g/mol. The fourth-order valence-corrected chi connectivity index (χ4v) is 2.17. The second-order valence-corrected chi connectivity index (χ2v) is 4.99. The minimum Gasteiger partial charge on any atom is -0.394 e. The molecular weight excluding hydrogens is 240 g/mol. The van der Waals surface area contributed by atoms with Crippen LogP contribution in [0.15, 0.2) is 12.1 Å². The van der Waals surface area contributed by atoms with Gasteiger partial charge in [-0.3, -0.25) is 0 Å². The molecule has 106 valence electrons. The summed E-state index contributed by atoms with van der Waals surface area (Å²) in [6, 6.07) is 3.81. The van der Waals surface area contributed by atoms with Crippen LogP contribution < -0.4 is 10.6 Å². The van der Waals surface area contributed by atoms with Gasteiger partial charge in [-0.2, -0.15) is 0 Å². The van der Waals surface area contributed by atoms with Gasteiger partial charge in [0.25, 0.3) is 0 Å². The van der Waals surface area contributed by atoms with Crippen molar-refractivity contribution in [2.75, 3.05) is 6.61 Å². The van der Waals surface area contributed by atoms with Crippen LogP contribution in [0.2, 0.25) is 0 Å². The Bertz CT molecular complexity index is 417. The van der Waals surface area contributed by atoms with E-state index >= 15 is 0 Å². The summed E-state index contributed by atoms with van der Waals surface area (Å²) in [5.41, 5.74) is 4.76. The van der Waals surface area contributed by atoms with Crippen LogP contribution >= 0.6 is 0 Å². The molecule has 4 nitrogen and oxygen atoms in total. The number of aliphatic hydroxyl groups is 1. The van der Waals surface area contributed by atoms with Crippen LogP contribution in [0, 0.1) is 20.8 Å². The van der Waals surface area contributed by atoms with Gasteiger partial charge < -0.3 is 15.7 Å². The third-order valence-electron chi connectivity index (χ3n) is 3.31. The largest absolute Gasteiger partial charge is 0.394 e. The van der Waals surface area contributed by atoms with Gasteiger partial charge in [-0.25, -0.2) is 4.79 Å². The van der Waals surface area contributed by atoms with Crippen molar-refractivity contribution in [2.24, 2.45) is 0 Å². The van der Waals surface area contributed by atoms with Gasteiger partial charge in [-0.05, 0) is 43.9 Å². The minimum atomic E-state index is -0.236. The van der Waals surface area contributed by atoms with E-state index in [1.165, 1.54) is 16.7 Å². The maximum atomic E-state index is 11.7. The molecule has 0 spiro atoms. The van der Waals surface area contributed by atoms with Gasteiger partial charge in [0.1, 0.15) is 0 Å². The molecule has 0 heterocycles. The number of aliphatic hydroxyl groups excluding tert-OH is 1. The summed E-state index contributed by atoms with van der Waals surface area (Å²) >= 11 is 0. The molecule has 1 aromatic rings. The molecule has 0 saturated heterocycles. The number of nitrogens with one attached hydrogen (secondary N) is 2. The van der Waals surface area contributed by atoms with Gasteiger partial charge in [-0.1, -0.05) is 24.6 Å². The van der Waals surface area contributed by atoms with Crippen LogP contribution in [0.25, 0.3) is 0 Å². The Morgan fingerprint density at radius 2 is 1.84 bits per heavy atom. The van der Waals surface area contributed by atoms with E-state index in [1.807, 2.05) is 6.92 Å². The van der Waals surface area contributed by atoms with Crippen LogP contribution in [0.3, 0.4) is 0 Å². The van der Waals surface area contributed by atoms with E-state index in [4.69, 9.17) is 5.11 Å². The summed E-state index contributed by atoms with van der Waals surface area (Å²) in [5.74, 6) is 0. The third kappa shape index (κ3) is 4.56. The molecule has 0 aliphatic heterocycles. The van der Waals surface area contributed by atoms with E-state index in [-0.39, 0.29) is 18.7 Å². The number of carbonyl (C=O) groups excluding carboxylic acids is 1. The summed E-state index contributed by atoms with van der Waals surface area (Å²) in [4.78, 5) is 11.7. The average Bonchev–Trinajstić information content (AvgIpc) is 2.34. The smallest absolute Gasteiger partial charge is 0.315 e. The summed E-state index contributed by atoms with van der Waals surface area (Å²) in [7, 11) is 0. The Hall–Kier alpha value is -1.55. The molecule has 0 fully saturated rings. The van der Waals surface area contributed by atoms with Crippen molar-refractivity contribution >= 4 is 6.03 Å². The lowest BCUT2D eigenvalue weighted by Gasteiger charge is -2.16. The van der Waals surface area contributed by atoms with E-state index in [0.29, 0.717) is 13.0 Å². The maximum Gasteiger partial charge on any atom is 0.315 e. The standard InChI is InChI=1S/C15H24N2O2/c1-5-13(9-18)17-15(19)16-8-14-11(3)6-10(2)7-12(14)4/h6-7,13,18H,5,8-9H2,1-4H3,(H2,16,17,19). The predicted molar refractivity (Wildman–Crippen MR) is 77.2 cm³/mol. The number of aryl methyl sites for hydroxylation is 3. The molecule has 0 aliphatic rings. The Labute approximate surface area is 115 Å². The number of benzene rings is 1. The molecule has 0 saturated carbocycles. The molecule has 0 aliphatic carbocycles. The topological polar surface area (TPSA) is 61.4 Å². The van der Waals surface area contributed by atoms with Crippen molar-refractivity contribution in [3.8, 4) is 0 Å². The predicted octanol–water partition coefficient (Wildman–Crippen LogP) is 2.18. The zero-order chi connectivity index (χ0) is 14.4. The molecule has 0 aromatic heterocycles. The summed E-state index contributed by atoms with van der Waals surface area (Å²) in [5, 5.41) is 14.6. The lowest BCUT2D eigenvalue weighted by molar-refractivity contribution is 0.214. The molecule has 1 atom stereocenters. The van der Waals surface area contributed by atoms with Crippen molar-refractivity contribution in [3.05, 3.63) is 34.4 Å². The van der Waals surface area contributed by atoms with Gasteiger partial charge in [0.15, 0.2) is 0 Å². The first-order chi connectivity index (χ1) is 8.97. The summed E-state index contributed by atoms with van der Waals surface area (Å²) < 4.78 is 0. The third-order valence-corrected chi connectivity index (χ3v) is 3.31. The lowest BCUT2D eigenvalue weighted by Crippen LogP contribution is -2.43. The van der Waals surface area contributed by atoms with Crippen molar-refractivity contribution in [3.63, 3.8) is 0 Å². The highest BCUT2D eigenvalue weighted by molar-refractivity contribution is 5.74. The van der Waals surface area contributed by atoms with Crippen LogP contribution in [-0.4, -0.2) is 23.8 Å². The normalized spacial score (nSPS) is 12.1. The van der Waals surface area contributed by atoms with Crippen molar-refractivity contribution in [1.82, 2.24) is 10.6 Å². The van der Waals surface area contributed by atoms with Crippen LogP contribution in [0.1, 0.15) is 35.6 Å². The molecule has 1 rings (SSSR count). The lowest BCUT2D eigenvalue weighted by atomic mass is 10.00. The van der Waals surface area contributed by atoms with Crippen LogP contribution in [-0.2, 0) is 6.54 Å². The van der Waals surface area contributed by atoms with E-state index in [0.717, 1.165) is 5.56 Å². The molecule has 2 amide bonds. The molecule has 3 N–H and O–H groups in total. The number of hydrogen-bond acceptors (Lipinski definition) is 2. The van der Waals surface area contributed by atoms with Crippen LogP contribution in [0.4, 0.5) is 4.79 Å². The highest BCUT2D eigenvalue weighted by Gasteiger charge is 2.10. The first-order valence-corrected chi connectivity index (χ1v) is 6.69. The monoisotopic (exact) mass is 264 g/mol. The molecule has 4 heteroatoms. The fourth-order valence-electron chi connectivity index (χ4n) is 2.17. The molecular formula is C15H24N2O2. The Morgan fingerprint density at radius 3 is 2.32 bits per heavy atom. The molecule has 1 aromatic carbocycles. The number of urea groups is 1. The van der Waals surface area contributed by atoms with Crippen LogP contribution in [0.5, 0.6) is 0 Å². The Morgan fingerprint density at radius 1 is 1.26 bits per heavy atom. The fraction of sp³-hybridized carbons (Fsp3) is 0.533. The molecule has 0 radical (unpaired) electrons. The number of hydrogen-bond donors (Lipinski definition) is 3. The zero-order valence-corrected chi connectivity index (χ0v) is 12.2. The van der Waals surface area contributed by atoms with Gasteiger partial charge in [0.05, 0.1) is 12.6 Å². The van der Waals surface area contributed by atoms with Gasteiger partial charge in [-0.15, -0.1) is 0 Å². The first kappa shape index (κ1) is 15.5. The Balaban J connectivity index is 2.60. The van der Waals surface area contributed by atoms with E-state index in [2.05, 4.69) is 43.5 Å². The van der Waals surface area contributed by atoms with E-state index in [9.17, 15) is 4.79 Å². The second-order valence-electron chi connectivity index (χ2n) is 4.99. The second kappa shape index (κ2) is 7.14. The van der Waals surface area contributed by atoms with Gasteiger partial charge in [0, 0.05) is 6.54 Å². The zero-order valence-electron chi connectivity index (χ0n) is 12.2. The molecule has 0 bridgehead atoms. The van der Waals surface area contributed by atoms with Crippen molar-refractivity contribution in [2.45, 2.75) is 46.7 Å². The van der Waals surface area contributed by atoms with Gasteiger partial charge in [0.2, 0.25) is 0 Å². The van der Waals surface area contributed by atoms with Crippen molar-refractivity contribution in [1.29, 1.82) is 0 Å². The maximum absolute atomic E-state index is 11.7. The highest BCUT2D eigenvalue weighted by atomic mass is 16.3. The van der Waals surface area contributed by atoms with Gasteiger partial charge >= 0.3 is 6.03 Å². The number of rotatable bonds is 5. The highest BCUT2D eigenvalue weighted by Crippen LogP contribution is 2.15. The summed E-state index contributed by atoms with van der Waals surface area (Å²) in [6.07, 6.45) is 0.715. The van der Waals surface area contributed by atoms with E-state index < -0.39 is 0 Å². The number of amides is 2. The minimum absolute atomic E-state index is 0.0352. The first-order valence-electron chi connectivity index (χ1n) is 6.69. The SMILES string of the molecule is CCC(CO)NC(=O)NCc1c(C)cc(C)cc1C. The Kier molecular flexibility index (Phi) is 5.83. The van der Waals surface area contributed by atoms with Crippen molar-refractivity contribution < 1.29 is 9.90 Å². The van der Waals surface area contributed by atoms with E-state index in [1.54, 1.807) is 0 Å². The molecule has 19 heavy (non-hydrogen) atoms. The molecule has 1 unspecified atom stereocenters. The summed E-state index contributed by atoms with van der Waals surface area (Å²) in [6.45, 7) is 8.57.